The van der Waals surface area contributed by atoms with Crippen LogP contribution in [0.3, 0.4) is 0 Å². The zero-order chi connectivity index (χ0) is 12.3. The van der Waals surface area contributed by atoms with E-state index < -0.39 is 5.91 Å². The van der Waals surface area contributed by atoms with Crippen LogP contribution in [-0.2, 0) is 6.42 Å². The maximum Gasteiger partial charge on any atom is 0.277 e. The van der Waals surface area contributed by atoms with Gasteiger partial charge in [-0.1, -0.05) is 12.1 Å². The number of aromatic hydroxyl groups is 1. The van der Waals surface area contributed by atoms with Crippen LogP contribution in [0, 0.1) is 6.42 Å². The molecule has 2 aromatic rings. The van der Waals surface area contributed by atoms with Crippen molar-refractivity contribution in [3.8, 4) is 5.75 Å². The fraction of sp³-hybridized carbons (Fsp3) is 0.0833. The molecule has 5 heteroatoms. The third-order valence-corrected chi connectivity index (χ3v) is 3.09. The molecule has 0 unspecified atom stereocenters. The van der Waals surface area contributed by atoms with E-state index in [1.165, 1.54) is 11.3 Å². The van der Waals surface area contributed by atoms with Gasteiger partial charge in [-0.3, -0.25) is 4.79 Å². The number of phenols is 1. The summed E-state index contributed by atoms with van der Waals surface area (Å²) < 4.78 is 0. The average Bonchev–Trinajstić information content (AvgIpc) is 2.77. The zero-order valence-electron chi connectivity index (χ0n) is 8.96. The first kappa shape index (κ1) is 11.6. The Morgan fingerprint density at radius 1 is 1.41 bits per heavy atom. The highest BCUT2D eigenvalue weighted by Crippen LogP contribution is 2.15. The lowest BCUT2D eigenvalue weighted by Gasteiger charge is -1.99. The summed E-state index contributed by atoms with van der Waals surface area (Å²) in [5.41, 5.74) is 6.93. The van der Waals surface area contributed by atoms with Crippen LogP contribution in [0.1, 0.15) is 21.1 Å². The fourth-order valence-electron chi connectivity index (χ4n) is 1.35. The first-order valence-corrected chi connectivity index (χ1v) is 5.89. The van der Waals surface area contributed by atoms with Gasteiger partial charge in [0.15, 0.2) is 5.01 Å². The van der Waals surface area contributed by atoms with Gasteiger partial charge in [0.2, 0.25) is 0 Å². The Balaban J connectivity index is 1.97. The van der Waals surface area contributed by atoms with Gasteiger partial charge in [0.1, 0.15) is 5.75 Å². The summed E-state index contributed by atoms with van der Waals surface area (Å²) >= 11 is 1.24. The summed E-state index contributed by atoms with van der Waals surface area (Å²) in [5.74, 6) is -0.252. The lowest BCUT2D eigenvalue weighted by molar-refractivity contribution is 0.1000. The molecule has 2 rings (SSSR count). The number of rotatable bonds is 4. The molecule has 0 fully saturated rings. The molecule has 0 aliphatic rings. The van der Waals surface area contributed by atoms with Crippen molar-refractivity contribution in [3.05, 3.63) is 52.3 Å². The van der Waals surface area contributed by atoms with Crippen molar-refractivity contribution >= 4 is 17.2 Å². The highest BCUT2D eigenvalue weighted by atomic mass is 32.1. The van der Waals surface area contributed by atoms with E-state index in [-0.39, 0.29) is 5.75 Å². The number of phenolic OH excluding ortho intramolecular Hbond substituents is 1. The van der Waals surface area contributed by atoms with Crippen LogP contribution >= 0.6 is 11.3 Å². The Bertz CT molecular complexity index is 520. The molecule has 1 heterocycles. The van der Waals surface area contributed by atoms with E-state index in [0.29, 0.717) is 11.4 Å². The SMILES string of the molecule is NC(=O)c1nc([CH]Cc2ccc(O)cc2)cs1. The molecular formula is C12H11N2O2S. The number of carbonyl (C=O) groups is 1. The zero-order valence-corrected chi connectivity index (χ0v) is 9.78. The Morgan fingerprint density at radius 2 is 2.12 bits per heavy atom. The predicted molar refractivity (Wildman–Crippen MR) is 65.8 cm³/mol. The van der Waals surface area contributed by atoms with Crippen LogP contribution in [0.15, 0.2) is 29.6 Å². The minimum Gasteiger partial charge on any atom is -0.508 e. The maximum absolute atomic E-state index is 10.9. The molecule has 17 heavy (non-hydrogen) atoms. The van der Waals surface area contributed by atoms with Crippen molar-refractivity contribution in [2.75, 3.05) is 0 Å². The molecule has 0 bridgehead atoms. The molecule has 0 saturated heterocycles. The topological polar surface area (TPSA) is 76.2 Å². The highest BCUT2D eigenvalue weighted by Gasteiger charge is 2.07. The summed E-state index contributed by atoms with van der Waals surface area (Å²) in [4.78, 5) is 14.9. The van der Waals surface area contributed by atoms with Gasteiger partial charge < -0.3 is 10.8 Å². The van der Waals surface area contributed by atoms with E-state index >= 15 is 0 Å². The van der Waals surface area contributed by atoms with Crippen molar-refractivity contribution in [1.29, 1.82) is 0 Å². The Hall–Kier alpha value is -1.88. The molecule has 0 spiro atoms. The number of carbonyl (C=O) groups excluding carboxylic acids is 1. The summed E-state index contributed by atoms with van der Waals surface area (Å²) in [6.07, 6.45) is 2.61. The Labute approximate surface area is 103 Å². The third kappa shape index (κ3) is 3.04. The van der Waals surface area contributed by atoms with Gasteiger partial charge in [-0.05, 0) is 24.1 Å². The van der Waals surface area contributed by atoms with Gasteiger partial charge in [0, 0.05) is 11.8 Å². The van der Waals surface area contributed by atoms with E-state index in [9.17, 15) is 4.79 Å². The number of nitrogens with zero attached hydrogens (tertiary/aromatic N) is 1. The van der Waals surface area contributed by atoms with E-state index in [1.807, 2.05) is 18.6 Å². The van der Waals surface area contributed by atoms with Gasteiger partial charge >= 0.3 is 0 Å². The highest BCUT2D eigenvalue weighted by molar-refractivity contribution is 7.11. The van der Waals surface area contributed by atoms with Gasteiger partial charge in [-0.2, -0.15) is 0 Å². The number of hydrogen-bond acceptors (Lipinski definition) is 4. The molecule has 3 N–H and O–H groups in total. The monoisotopic (exact) mass is 247 g/mol. The molecule has 0 aliphatic heterocycles. The molecule has 0 atom stereocenters. The van der Waals surface area contributed by atoms with Crippen LogP contribution in [0.25, 0.3) is 0 Å². The van der Waals surface area contributed by atoms with Gasteiger partial charge in [0.25, 0.3) is 5.91 Å². The number of thiazole rings is 1. The fourth-order valence-corrected chi connectivity index (χ4v) is 2.00. The number of benzene rings is 1. The van der Waals surface area contributed by atoms with Crippen molar-refractivity contribution in [2.24, 2.45) is 5.73 Å². The molecule has 1 radical (unpaired) electrons. The molecule has 1 aromatic carbocycles. The van der Waals surface area contributed by atoms with Crippen molar-refractivity contribution in [3.63, 3.8) is 0 Å². The lowest BCUT2D eigenvalue weighted by atomic mass is 10.1. The maximum atomic E-state index is 10.9. The number of primary amides is 1. The van der Waals surface area contributed by atoms with Crippen LogP contribution in [0.4, 0.5) is 0 Å². The predicted octanol–water partition coefficient (Wildman–Crippen LogP) is 1.74. The van der Waals surface area contributed by atoms with Gasteiger partial charge in [0.05, 0.1) is 5.69 Å². The minimum atomic E-state index is -0.501. The standard InChI is InChI=1S/C12H11N2O2S/c13-11(16)12-14-9(7-17-12)4-1-8-2-5-10(15)6-3-8/h2-7,15H,1H2,(H2,13,16). The lowest BCUT2D eigenvalue weighted by Crippen LogP contribution is -2.10. The second-order valence-corrected chi connectivity index (χ2v) is 4.37. The minimum absolute atomic E-state index is 0.249. The van der Waals surface area contributed by atoms with Crippen molar-refractivity contribution in [1.82, 2.24) is 4.98 Å². The number of nitrogens with two attached hydrogens (primary N) is 1. The molecule has 1 aromatic heterocycles. The van der Waals surface area contributed by atoms with Gasteiger partial charge in [-0.25, -0.2) is 4.98 Å². The van der Waals surface area contributed by atoms with Gasteiger partial charge in [-0.15, -0.1) is 11.3 Å². The number of amides is 1. The quantitative estimate of drug-likeness (QED) is 0.864. The Kier molecular flexibility index (Phi) is 3.39. The van der Waals surface area contributed by atoms with Crippen LogP contribution in [0.5, 0.6) is 5.75 Å². The molecule has 0 aliphatic carbocycles. The normalized spacial score (nSPS) is 10.4. The Morgan fingerprint density at radius 3 is 2.71 bits per heavy atom. The molecule has 1 amide bonds. The van der Waals surface area contributed by atoms with Crippen LogP contribution in [-0.4, -0.2) is 16.0 Å². The smallest absolute Gasteiger partial charge is 0.277 e. The summed E-state index contributed by atoms with van der Waals surface area (Å²) in [7, 11) is 0. The summed E-state index contributed by atoms with van der Waals surface area (Å²) in [6.45, 7) is 0. The van der Waals surface area contributed by atoms with Crippen molar-refractivity contribution < 1.29 is 9.90 Å². The van der Waals surface area contributed by atoms with E-state index in [2.05, 4.69) is 4.98 Å². The number of hydrogen-bond donors (Lipinski definition) is 2. The molecule has 4 nitrogen and oxygen atoms in total. The molecular weight excluding hydrogens is 236 g/mol. The van der Waals surface area contributed by atoms with E-state index in [1.54, 1.807) is 17.5 Å². The largest absolute Gasteiger partial charge is 0.508 e. The molecule has 0 saturated carbocycles. The second kappa shape index (κ2) is 4.97. The third-order valence-electron chi connectivity index (χ3n) is 2.22. The van der Waals surface area contributed by atoms with E-state index in [0.717, 1.165) is 11.3 Å². The molecule has 87 valence electrons. The summed E-state index contributed by atoms with van der Waals surface area (Å²) in [6, 6.07) is 6.96. The number of aromatic nitrogens is 1. The first-order chi connectivity index (χ1) is 8.15. The second-order valence-electron chi connectivity index (χ2n) is 3.52. The van der Waals surface area contributed by atoms with Crippen LogP contribution in [0.2, 0.25) is 0 Å². The first-order valence-electron chi connectivity index (χ1n) is 5.01. The van der Waals surface area contributed by atoms with Crippen molar-refractivity contribution in [2.45, 2.75) is 6.42 Å². The van der Waals surface area contributed by atoms with E-state index in [4.69, 9.17) is 10.8 Å². The van der Waals surface area contributed by atoms with Crippen LogP contribution < -0.4 is 5.73 Å². The average molecular weight is 247 g/mol. The summed E-state index contributed by atoms with van der Waals surface area (Å²) in [5, 5.41) is 11.2.